The Labute approximate surface area is 132 Å². The molecule has 0 unspecified atom stereocenters. The standard InChI is InChI=1S/C16H24N2O3S/c1-11-4-8-14(9-5-11)17-16(19)13-7-6-12(2)15(10-13)18-22(3,20)21/h6-7,10-11,14,18H,4-5,8-9H2,1-3H3,(H,17,19). The molecule has 6 heteroatoms. The zero-order chi connectivity index (χ0) is 16.3. The van der Waals surface area contributed by atoms with E-state index in [1.807, 2.05) is 0 Å². The van der Waals surface area contributed by atoms with Gasteiger partial charge in [0, 0.05) is 11.6 Å². The molecular weight excluding hydrogens is 300 g/mol. The van der Waals surface area contributed by atoms with Gasteiger partial charge in [-0.3, -0.25) is 9.52 Å². The monoisotopic (exact) mass is 324 g/mol. The van der Waals surface area contributed by atoms with E-state index in [1.165, 1.54) is 0 Å². The van der Waals surface area contributed by atoms with Crippen LogP contribution in [0.3, 0.4) is 0 Å². The van der Waals surface area contributed by atoms with Gasteiger partial charge in [0.15, 0.2) is 0 Å². The third-order valence-corrected chi connectivity index (χ3v) is 4.74. The molecule has 1 aromatic carbocycles. The number of nitrogens with one attached hydrogen (secondary N) is 2. The summed E-state index contributed by atoms with van der Waals surface area (Å²) in [6.07, 6.45) is 5.39. The lowest BCUT2D eigenvalue weighted by Gasteiger charge is -2.27. The van der Waals surface area contributed by atoms with Crippen molar-refractivity contribution >= 4 is 21.6 Å². The molecule has 1 fully saturated rings. The first-order valence-electron chi connectivity index (χ1n) is 7.64. The number of hydrogen-bond acceptors (Lipinski definition) is 3. The summed E-state index contributed by atoms with van der Waals surface area (Å²) in [6, 6.07) is 5.29. The molecular formula is C16H24N2O3S. The molecule has 0 radical (unpaired) electrons. The van der Waals surface area contributed by atoms with Gasteiger partial charge in [-0.1, -0.05) is 13.0 Å². The Morgan fingerprint density at radius 1 is 1.18 bits per heavy atom. The molecule has 0 spiro atoms. The lowest BCUT2D eigenvalue weighted by molar-refractivity contribution is 0.0923. The highest BCUT2D eigenvalue weighted by Gasteiger charge is 2.20. The average Bonchev–Trinajstić information content (AvgIpc) is 2.42. The fourth-order valence-corrected chi connectivity index (χ4v) is 3.37. The van der Waals surface area contributed by atoms with Crippen molar-refractivity contribution in [2.75, 3.05) is 11.0 Å². The molecule has 1 aromatic rings. The van der Waals surface area contributed by atoms with E-state index in [9.17, 15) is 13.2 Å². The number of benzene rings is 1. The molecule has 1 saturated carbocycles. The Morgan fingerprint density at radius 3 is 2.41 bits per heavy atom. The zero-order valence-electron chi connectivity index (χ0n) is 13.3. The van der Waals surface area contributed by atoms with Gasteiger partial charge in [0.2, 0.25) is 10.0 Å². The molecule has 0 aliphatic heterocycles. The Bertz CT molecular complexity index is 647. The van der Waals surface area contributed by atoms with E-state index in [1.54, 1.807) is 25.1 Å². The summed E-state index contributed by atoms with van der Waals surface area (Å²) >= 11 is 0. The van der Waals surface area contributed by atoms with Crippen LogP contribution in [0.4, 0.5) is 5.69 Å². The van der Waals surface area contributed by atoms with Gasteiger partial charge in [-0.15, -0.1) is 0 Å². The fraction of sp³-hybridized carbons (Fsp3) is 0.562. The van der Waals surface area contributed by atoms with E-state index < -0.39 is 10.0 Å². The predicted octanol–water partition coefficient (Wildman–Crippen LogP) is 2.68. The number of rotatable bonds is 4. The van der Waals surface area contributed by atoms with Crippen LogP contribution in [0.15, 0.2) is 18.2 Å². The Kier molecular flexibility index (Phi) is 5.11. The predicted molar refractivity (Wildman–Crippen MR) is 88.5 cm³/mol. The van der Waals surface area contributed by atoms with Gasteiger partial charge in [0.25, 0.3) is 5.91 Å². The Morgan fingerprint density at radius 2 is 1.82 bits per heavy atom. The molecule has 122 valence electrons. The first-order chi connectivity index (χ1) is 10.2. The molecule has 0 aromatic heterocycles. The van der Waals surface area contributed by atoms with Crippen LogP contribution >= 0.6 is 0 Å². The third kappa shape index (κ3) is 4.73. The second-order valence-corrected chi connectivity index (χ2v) is 8.08. The highest BCUT2D eigenvalue weighted by Crippen LogP contribution is 2.24. The van der Waals surface area contributed by atoms with E-state index >= 15 is 0 Å². The normalized spacial score (nSPS) is 22.1. The first-order valence-corrected chi connectivity index (χ1v) is 9.53. The van der Waals surface area contributed by atoms with Crippen molar-refractivity contribution in [2.24, 2.45) is 5.92 Å². The minimum Gasteiger partial charge on any atom is -0.349 e. The molecule has 2 rings (SSSR count). The number of anilines is 1. The Balaban J connectivity index is 2.08. The largest absolute Gasteiger partial charge is 0.349 e. The highest BCUT2D eigenvalue weighted by molar-refractivity contribution is 7.92. The van der Waals surface area contributed by atoms with Crippen LogP contribution in [0, 0.1) is 12.8 Å². The van der Waals surface area contributed by atoms with E-state index in [4.69, 9.17) is 0 Å². The maximum absolute atomic E-state index is 12.3. The molecule has 5 nitrogen and oxygen atoms in total. The van der Waals surface area contributed by atoms with Crippen LogP contribution in [-0.4, -0.2) is 26.6 Å². The lowest BCUT2D eigenvalue weighted by Crippen LogP contribution is -2.37. The van der Waals surface area contributed by atoms with Crippen LogP contribution in [0.1, 0.15) is 48.5 Å². The summed E-state index contributed by atoms with van der Waals surface area (Å²) in [5, 5.41) is 3.05. The number of amides is 1. The van der Waals surface area contributed by atoms with E-state index in [0.29, 0.717) is 11.3 Å². The topological polar surface area (TPSA) is 75.3 Å². The van der Waals surface area contributed by atoms with Gasteiger partial charge >= 0.3 is 0 Å². The fourth-order valence-electron chi connectivity index (χ4n) is 2.75. The van der Waals surface area contributed by atoms with Gasteiger partial charge in [-0.25, -0.2) is 8.42 Å². The summed E-state index contributed by atoms with van der Waals surface area (Å²) in [5.41, 5.74) is 1.72. The first kappa shape index (κ1) is 16.8. The number of hydrogen-bond donors (Lipinski definition) is 2. The second-order valence-electron chi connectivity index (χ2n) is 6.33. The maximum atomic E-state index is 12.3. The molecule has 1 aliphatic carbocycles. The van der Waals surface area contributed by atoms with E-state index in [0.717, 1.165) is 43.4 Å². The van der Waals surface area contributed by atoms with Crippen molar-refractivity contribution in [3.63, 3.8) is 0 Å². The van der Waals surface area contributed by atoms with Crippen LogP contribution in [0.5, 0.6) is 0 Å². The molecule has 22 heavy (non-hydrogen) atoms. The van der Waals surface area contributed by atoms with E-state index in [-0.39, 0.29) is 11.9 Å². The molecule has 0 atom stereocenters. The van der Waals surface area contributed by atoms with Gasteiger partial charge in [0.05, 0.1) is 11.9 Å². The summed E-state index contributed by atoms with van der Waals surface area (Å²) in [5.74, 6) is 0.592. The SMILES string of the molecule is Cc1ccc(C(=O)NC2CCC(C)CC2)cc1NS(C)(=O)=O. The van der Waals surface area contributed by atoms with Crippen molar-refractivity contribution in [2.45, 2.75) is 45.6 Å². The minimum absolute atomic E-state index is 0.142. The molecule has 1 aliphatic rings. The summed E-state index contributed by atoms with van der Waals surface area (Å²) in [6.45, 7) is 4.04. The van der Waals surface area contributed by atoms with Crippen molar-refractivity contribution in [3.8, 4) is 0 Å². The summed E-state index contributed by atoms with van der Waals surface area (Å²) < 4.78 is 25.2. The number of carbonyl (C=O) groups is 1. The molecule has 1 amide bonds. The maximum Gasteiger partial charge on any atom is 0.251 e. The lowest BCUT2D eigenvalue weighted by atomic mass is 9.87. The van der Waals surface area contributed by atoms with Crippen molar-refractivity contribution in [1.29, 1.82) is 0 Å². The Hall–Kier alpha value is -1.56. The number of carbonyl (C=O) groups excluding carboxylic acids is 1. The van der Waals surface area contributed by atoms with Crippen molar-refractivity contribution in [3.05, 3.63) is 29.3 Å². The van der Waals surface area contributed by atoms with Gasteiger partial charge in [-0.2, -0.15) is 0 Å². The van der Waals surface area contributed by atoms with Crippen molar-refractivity contribution < 1.29 is 13.2 Å². The third-order valence-electron chi connectivity index (χ3n) is 4.15. The molecule has 0 saturated heterocycles. The van der Waals surface area contributed by atoms with Crippen LogP contribution in [0.25, 0.3) is 0 Å². The van der Waals surface area contributed by atoms with Crippen LogP contribution in [-0.2, 0) is 10.0 Å². The molecule has 2 N–H and O–H groups in total. The zero-order valence-corrected chi connectivity index (χ0v) is 14.2. The average molecular weight is 324 g/mol. The van der Waals surface area contributed by atoms with Gasteiger partial charge in [0.1, 0.15) is 0 Å². The van der Waals surface area contributed by atoms with Crippen LogP contribution in [0.2, 0.25) is 0 Å². The van der Waals surface area contributed by atoms with Gasteiger partial charge in [-0.05, 0) is 56.2 Å². The number of sulfonamides is 1. The highest BCUT2D eigenvalue weighted by atomic mass is 32.2. The van der Waals surface area contributed by atoms with Crippen molar-refractivity contribution in [1.82, 2.24) is 5.32 Å². The van der Waals surface area contributed by atoms with Gasteiger partial charge < -0.3 is 5.32 Å². The summed E-state index contributed by atoms with van der Waals surface area (Å²) in [7, 11) is -3.36. The molecule has 0 heterocycles. The number of aryl methyl sites for hydroxylation is 1. The van der Waals surface area contributed by atoms with E-state index in [2.05, 4.69) is 17.0 Å². The summed E-state index contributed by atoms with van der Waals surface area (Å²) in [4.78, 5) is 12.3. The second kappa shape index (κ2) is 6.69. The smallest absolute Gasteiger partial charge is 0.251 e. The quantitative estimate of drug-likeness (QED) is 0.894. The van der Waals surface area contributed by atoms with Crippen LogP contribution < -0.4 is 10.0 Å². The minimum atomic E-state index is -3.36. The molecule has 0 bridgehead atoms.